The number of carboxylic acids is 1. The predicted octanol–water partition coefficient (Wildman–Crippen LogP) is -0.0822. The van der Waals surface area contributed by atoms with Crippen LogP contribution in [0, 0.1) is 0 Å². The van der Waals surface area contributed by atoms with Gasteiger partial charge in [0.2, 0.25) is 0 Å². The molecule has 0 spiro atoms. The maximum Gasteiger partial charge on any atom is 0.320 e. The number of piperazine rings is 1. The van der Waals surface area contributed by atoms with Crippen molar-refractivity contribution in [2.24, 2.45) is 0 Å². The standard InChI is InChI=1S/C13H23N3O4/c1-10-8-15(4-3-14(10)2)13(19)16-5-6-20-11(9-16)7-12(17)18/h10-11H,3-9H2,1-2H3,(H,17,18). The van der Waals surface area contributed by atoms with Crippen molar-refractivity contribution in [3.05, 3.63) is 0 Å². The third-order valence-electron chi connectivity index (χ3n) is 4.04. The summed E-state index contributed by atoms with van der Waals surface area (Å²) in [6.07, 6.45) is -0.446. The average Bonchev–Trinajstić information content (AvgIpc) is 2.40. The van der Waals surface area contributed by atoms with E-state index in [0.29, 0.717) is 25.7 Å². The molecule has 0 bridgehead atoms. The highest BCUT2D eigenvalue weighted by atomic mass is 16.5. The second-order valence-electron chi connectivity index (χ2n) is 5.59. The van der Waals surface area contributed by atoms with Crippen molar-refractivity contribution in [3.8, 4) is 0 Å². The number of morpholine rings is 1. The van der Waals surface area contributed by atoms with Gasteiger partial charge in [0.15, 0.2) is 0 Å². The number of amides is 2. The van der Waals surface area contributed by atoms with E-state index < -0.39 is 12.1 Å². The van der Waals surface area contributed by atoms with Crippen LogP contribution in [0.25, 0.3) is 0 Å². The normalized spacial score (nSPS) is 28.5. The maximum absolute atomic E-state index is 12.5. The molecule has 7 nitrogen and oxygen atoms in total. The van der Waals surface area contributed by atoms with Crippen molar-refractivity contribution in [3.63, 3.8) is 0 Å². The monoisotopic (exact) mass is 285 g/mol. The molecule has 2 atom stereocenters. The Balaban J connectivity index is 1.90. The quantitative estimate of drug-likeness (QED) is 0.768. The lowest BCUT2D eigenvalue weighted by molar-refractivity contribution is -0.141. The number of ether oxygens (including phenoxy) is 1. The largest absolute Gasteiger partial charge is 0.481 e. The van der Waals surface area contributed by atoms with Crippen LogP contribution >= 0.6 is 0 Å². The van der Waals surface area contributed by atoms with Crippen LogP contribution < -0.4 is 0 Å². The molecule has 2 unspecified atom stereocenters. The summed E-state index contributed by atoms with van der Waals surface area (Å²) in [6, 6.07) is 0.354. The molecule has 2 aliphatic heterocycles. The molecule has 0 aromatic carbocycles. The van der Waals surface area contributed by atoms with Gasteiger partial charge in [0, 0.05) is 38.8 Å². The molecule has 2 heterocycles. The number of likely N-dealkylation sites (N-methyl/N-ethyl adjacent to an activating group) is 1. The number of urea groups is 1. The van der Waals surface area contributed by atoms with Gasteiger partial charge < -0.3 is 24.5 Å². The molecule has 2 aliphatic rings. The van der Waals surface area contributed by atoms with Crippen LogP contribution in [-0.2, 0) is 9.53 Å². The van der Waals surface area contributed by atoms with Gasteiger partial charge in [0.1, 0.15) is 0 Å². The molecule has 0 aliphatic carbocycles. The van der Waals surface area contributed by atoms with E-state index in [1.54, 1.807) is 4.90 Å². The van der Waals surface area contributed by atoms with Gasteiger partial charge in [-0.25, -0.2) is 4.79 Å². The Bertz CT molecular complexity index is 377. The number of carboxylic acid groups (broad SMARTS) is 1. The summed E-state index contributed by atoms with van der Waals surface area (Å²) in [5.41, 5.74) is 0. The average molecular weight is 285 g/mol. The van der Waals surface area contributed by atoms with Crippen molar-refractivity contribution in [1.82, 2.24) is 14.7 Å². The molecule has 0 aromatic heterocycles. The van der Waals surface area contributed by atoms with Gasteiger partial charge in [0.05, 0.1) is 19.1 Å². The van der Waals surface area contributed by atoms with E-state index in [-0.39, 0.29) is 12.5 Å². The Morgan fingerprint density at radius 2 is 1.90 bits per heavy atom. The molecule has 2 saturated heterocycles. The molecule has 2 fully saturated rings. The Morgan fingerprint density at radius 3 is 2.55 bits per heavy atom. The fourth-order valence-electron chi connectivity index (χ4n) is 2.63. The van der Waals surface area contributed by atoms with E-state index in [0.717, 1.165) is 19.6 Å². The second kappa shape index (κ2) is 6.41. The van der Waals surface area contributed by atoms with E-state index in [1.807, 2.05) is 4.90 Å². The number of hydrogen-bond donors (Lipinski definition) is 1. The first kappa shape index (κ1) is 15.1. The Hall–Kier alpha value is -1.34. The van der Waals surface area contributed by atoms with Gasteiger partial charge >= 0.3 is 12.0 Å². The molecule has 0 radical (unpaired) electrons. The summed E-state index contributed by atoms with van der Waals surface area (Å²) < 4.78 is 5.39. The van der Waals surface area contributed by atoms with Crippen LogP contribution in [0.4, 0.5) is 4.79 Å². The molecule has 7 heteroatoms. The number of aliphatic carboxylic acids is 1. The minimum absolute atomic E-state index is 0.00337. The van der Waals surface area contributed by atoms with Gasteiger partial charge in [-0.05, 0) is 14.0 Å². The molecular weight excluding hydrogens is 262 g/mol. The van der Waals surface area contributed by atoms with Crippen LogP contribution in [0.5, 0.6) is 0 Å². The summed E-state index contributed by atoms with van der Waals surface area (Å²) in [7, 11) is 2.06. The van der Waals surface area contributed by atoms with Crippen LogP contribution in [0.15, 0.2) is 0 Å². The highest BCUT2D eigenvalue weighted by Gasteiger charge is 2.31. The molecule has 0 saturated carbocycles. The van der Waals surface area contributed by atoms with Gasteiger partial charge in [0.25, 0.3) is 0 Å². The molecule has 114 valence electrons. The van der Waals surface area contributed by atoms with Gasteiger partial charge in [-0.1, -0.05) is 0 Å². The Kier molecular flexibility index (Phi) is 4.82. The summed E-state index contributed by atoms with van der Waals surface area (Å²) in [5, 5.41) is 8.80. The SMILES string of the molecule is CC1CN(C(=O)N2CCOC(CC(=O)O)C2)CCN1C. The minimum Gasteiger partial charge on any atom is -0.481 e. The zero-order valence-corrected chi connectivity index (χ0v) is 12.1. The van der Waals surface area contributed by atoms with Crippen molar-refractivity contribution >= 4 is 12.0 Å². The number of hydrogen-bond acceptors (Lipinski definition) is 4. The van der Waals surface area contributed by atoms with Gasteiger partial charge in [-0.2, -0.15) is 0 Å². The summed E-state index contributed by atoms with van der Waals surface area (Å²) >= 11 is 0. The lowest BCUT2D eigenvalue weighted by atomic mass is 10.2. The maximum atomic E-state index is 12.5. The predicted molar refractivity (Wildman–Crippen MR) is 72.6 cm³/mol. The van der Waals surface area contributed by atoms with E-state index in [2.05, 4.69) is 18.9 Å². The van der Waals surface area contributed by atoms with Crippen molar-refractivity contribution in [2.75, 3.05) is 46.4 Å². The molecule has 20 heavy (non-hydrogen) atoms. The van der Waals surface area contributed by atoms with Crippen LogP contribution in [0.2, 0.25) is 0 Å². The molecular formula is C13H23N3O4. The van der Waals surface area contributed by atoms with Crippen LogP contribution in [0.1, 0.15) is 13.3 Å². The zero-order valence-electron chi connectivity index (χ0n) is 12.1. The summed E-state index contributed by atoms with van der Waals surface area (Å²) in [5.74, 6) is -0.891. The Labute approximate surface area is 119 Å². The first-order valence-corrected chi connectivity index (χ1v) is 7.05. The number of nitrogens with zero attached hydrogens (tertiary/aromatic N) is 3. The fourth-order valence-corrected chi connectivity index (χ4v) is 2.63. The molecule has 2 amide bonds. The summed E-state index contributed by atoms with van der Waals surface area (Å²) in [6.45, 7) is 5.73. The third-order valence-corrected chi connectivity index (χ3v) is 4.04. The molecule has 2 rings (SSSR count). The van der Waals surface area contributed by atoms with E-state index in [1.165, 1.54) is 0 Å². The highest BCUT2D eigenvalue weighted by Crippen LogP contribution is 2.14. The van der Waals surface area contributed by atoms with E-state index >= 15 is 0 Å². The van der Waals surface area contributed by atoms with Gasteiger partial charge in [-0.15, -0.1) is 0 Å². The Morgan fingerprint density at radius 1 is 1.20 bits per heavy atom. The lowest BCUT2D eigenvalue weighted by Crippen LogP contribution is -2.57. The highest BCUT2D eigenvalue weighted by molar-refractivity contribution is 5.75. The van der Waals surface area contributed by atoms with Crippen molar-refractivity contribution in [2.45, 2.75) is 25.5 Å². The van der Waals surface area contributed by atoms with Crippen LogP contribution in [0.3, 0.4) is 0 Å². The van der Waals surface area contributed by atoms with E-state index in [9.17, 15) is 9.59 Å². The lowest BCUT2D eigenvalue weighted by Gasteiger charge is -2.41. The number of carbonyl (C=O) groups excluding carboxylic acids is 1. The first-order valence-electron chi connectivity index (χ1n) is 7.05. The second-order valence-corrected chi connectivity index (χ2v) is 5.59. The van der Waals surface area contributed by atoms with Gasteiger partial charge in [-0.3, -0.25) is 4.79 Å². The minimum atomic E-state index is -0.891. The van der Waals surface area contributed by atoms with Crippen molar-refractivity contribution < 1.29 is 19.4 Å². The first-order chi connectivity index (χ1) is 9.47. The molecule has 1 N–H and O–H groups in total. The summed E-state index contributed by atoms with van der Waals surface area (Å²) in [4.78, 5) is 29.0. The van der Waals surface area contributed by atoms with E-state index in [4.69, 9.17) is 9.84 Å². The smallest absolute Gasteiger partial charge is 0.320 e. The van der Waals surface area contributed by atoms with Crippen molar-refractivity contribution in [1.29, 1.82) is 0 Å². The van der Waals surface area contributed by atoms with Crippen LogP contribution in [-0.4, -0.2) is 90.3 Å². The molecule has 0 aromatic rings. The fraction of sp³-hybridized carbons (Fsp3) is 0.846. The third kappa shape index (κ3) is 3.61. The number of rotatable bonds is 2. The zero-order chi connectivity index (χ0) is 14.7. The number of carbonyl (C=O) groups is 2. The topological polar surface area (TPSA) is 73.3 Å².